The molecule has 0 radical (unpaired) electrons. The molecule has 6 heteroatoms. The van der Waals surface area contributed by atoms with Gasteiger partial charge in [-0.05, 0) is 25.5 Å². The zero-order valence-electron chi connectivity index (χ0n) is 12.2. The minimum absolute atomic E-state index is 0.0237. The van der Waals surface area contributed by atoms with E-state index in [1.165, 1.54) is 0 Å². The van der Waals surface area contributed by atoms with E-state index in [1.807, 2.05) is 32.0 Å². The number of rotatable bonds is 4. The molecular weight excluding hydrogens is 272 g/mol. The second-order valence-electron chi connectivity index (χ2n) is 4.99. The van der Waals surface area contributed by atoms with Crippen LogP contribution in [0.5, 0.6) is 11.5 Å². The summed E-state index contributed by atoms with van der Waals surface area (Å²) in [6.07, 6.45) is 0.468. The largest absolute Gasteiger partial charge is 0.486 e. The average molecular weight is 292 g/mol. The first-order chi connectivity index (χ1) is 10.1. The van der Waals surface area contributed by atoms with Gasteiger partial charge in [-0.15, -0.1) is 0 Å². The van der Waals surface area contributed by atoms with Crippen LogP contribution >= 0.6 is 0 Å². The van der Waals surface area contributed by atoms with Crippen molar-refractivity contribution in [2.24, 2.45) is 0 Å². The molecule has 0 fully saturated rings. The Morgan fingerprint density at radius 1 is 1.29 bits per heavy atom. The number of hydrogen-bond donors (Lipinski definition) is 2. The maximum atomic E-state index is 11.7. The van der Waals surface area contributed by atoms with Gasteiger partial charge in [0.2, 0.25) is 0 Å². The molecule has 2 N–H and O–H groups in total. The first-order valence-corrected chi connectivity index (χ1v) is 7.07. The molecule has 1 aromatic carbocycles. The molecule has 1 aliphatic rings. The van der Waals surface area contributed by atoms with Crippen molar-refractivity contribution in [1.29, 1.82) is 0 Å². The van der Waals surface area contributed by atoms with Gasteiger partial charge in [0.1, 0.15) is 12.7 Å². The van der Waals surface area contributed by atoms with Crippen LogP contribution in [0.25, 0.3) is 0 Å². The number of ether oxygens (including phenoxy) is 2. The van der Waals surface area contributed by atoms with E-state index in [1.54, 1.807) is 6.07 Å². The lowest BCUT2D eigenvalue weighted by Crippen LogP contribution is -2.47. The van der Waals surface area contributed by atoms with Crippen LogP contribution in [0.15, 0.2) is 24.3 Å². The smallest absolute Gasteiger partial charge is 0.309 e. The first kappa shape index (κ1) is 15.2. The summed E-state index contributed by atoms with van der Waals surface area (Å²) in [5.41, 5.74) is 0. The van der Waals surface area contributed by atoms with Crippen LogP contribution < -0.4 is 20.1 Å². The van der Waals surface area contributed by atoms with Gasteiger partial charge in [-0.3, -0.25) is 9.59 Å². The average Bonchev–Trinajstić information content (AvgIpc) is 2.52. The third-order valence-corrected chi connectivity index (χ3v) is 3.25. The Bertz CT molecular complexity index is 518. The highest BCUT2D eigenvalue weighted by Crippen LogP contribution is 2.30. The third kappa shape index (κ3) is 4.11. The Morgan fingerprint density at radius 2 is 2.00 bits per heavy atom. The molecule has 6 nitrogen and oxygen atoms in total. The minimum Gasteiger partial charge on any atom is -0.486 e. The predicted octanol–water partition coefficient (Wildman–Crippen LogP) is 0.857. The maximum absolute atomic E-state index is 11.7. The van der Waals surface area contributed by atoms with E-state index in [9.17, 15) is 9.59 Å². The fraction of sp³-hybridized carbons (Fsp3) is 0.467. The van der Waals surface area contributed by atoms with Gasteiger partial charge in [0.15, 0.2) is 11.5 Å². The Kier molecular flexibility index (Phi) is 5.03. The standard InChI is InChI=1S/C15H20N2O4/c1-3-10(2)17-15(19)14(18)16-8-11-9-20-12-6-4-5-7-13(12)21-11/h4-7,10-11H,3,8-9H2,1-2H3,(H,16,18)(H,17,19)/t10-,11-/m0/s1. The highest BCUT2D eigenvalue weighted by Gasteiger charge is 2.22. The van der Waals surface area contributed by atoms with E-state index in [0.29, 0.717) is 18.1 Å². The van der Waals surface area contributed by atoms with Crippen LogP contribution in [-0.2, 0) is 9.59 Å². The molecule has 0 spiro atoms. The van der Waals surface area contributed by atoms with Crippen molar-refractivity contribution < 1.29 is 19.1 Å². The Labute approximate surface area is 123 Å². The van der Waals surface area contributed by atoms with Crippen molar-refractivity contribution in [2.45, 2.75) is 32.4 Å². The van der Waals surface area contributed by atoms with E-state index in [4.69, 9.17) is 9.47 Å². The van der Waals surface area contributed by atoms with Gasteiger partial charge in [0.05, 0.1) is 6.54 Å². The molecule has 21 heavy (non-hydrogen) atoms. The number of amides is 2. The number of hydrogen-bond acceptors (Lipinski definition) is 4. The van der Waals surface area contributed by atoms with Crippen molar-refractivity contribution in [3.8, 4) is 11.5 Å². The molecule has 114 valence electrons. The summed E-state index contributed by atoms with van der Waals surface area (Å²) in [6, 6.07) is 7.32. The number of fused-ring (bicyclic) bond motifs is 1. The molecule has 1 aromatic rings. The molecule has 0 aromatic heterocycles. The monoisotopic (exact) mass is 292 g/mol. The predicted molar refractivity (Wildman–Crippen MR) is 77.3 cm³/mol. The molecule has 1 aliphatic heterocycles. The van der Waals surface area contributed by atoms with Crippen LogP contribution in [-0.4, -0.2) is 37.1 Å². The third-order valence-electron chi connectivity index (χ3n) is 3.25. The molecule has 1 heterocycles. The van der Waals surface area contributed by atoms with Crippen LogP contribution in [0.4, 0.5) is 0 Å². The van der Waals surface area contributed by atoms with Gasteiger partial charge >= 0.3 is 11.8 Å². The molecule has 0 unspecified atom stereocenters. The fourth-order valence-corrected chi connectivity index (χ4v) is 1.84. The maximum Gasteiger partial charge on any atom is 0.309 e. The van der Waals surface area contributed by atoms with Crippen molar-refractivity contribution in [3.05, 3.63) is 24.3 Å². The molecule has 0 aliphatic carbocycles. The van der Waals surface area contributed by atoms with Gasteiger partial charge in [-0.25, -0.2) is 0 Å². The van der Waals surface area contributed by atoms with Crippen molar-refractivity contribution in [3.63, 3.8) is 0 Å². The summed E-state index contributed by atoms with van der Waals surface area (Å²) in [7, 11) is 0. The van der Waals surface area contributed by atoms with Crippen molar-refractivity contribution in [2.75, 3.05) is 13.2 Å². The number of nitrogens with one attached hydrogen (secondary N) is 2. The van der Waals surface area contributed by atoms with E-state index >= 15 is 0 Å². The SMILES string of the molecule is CC[C@H](C)NC(=O)C(=O)NC[C@H]1COc2ccccc2O1. The lowest BCUT2D eigenvalue weighted by atomic mass is 10.2. The van der Waals surface area contributed by atoms with Crippen LogP contribution in [0.2, 0.25) is 0 Å². The summed E-state index contributed by atoms with van der Waals surface area (Å²) in [4.78, 5) is 23.3. The number of carbonyl (C=O) groups is 2. The van der Waals surface area contributed by atoms with Gasteiger partial charge in [-0.2, -0.15) is 0 Å². The lowest BCUT2D eigenvalue weighted by molar-refractivity contribution is -0.139. The summed E-state index contributed by atoms with van der Waals surface area (Å²) in [5.74, 6) is 0.0564. The fourth-order valence-electron chi connectivity index (χ4n) is 1.84. The minimum atomic E-state index is -0.655. The molecular formula is C15H20N2O4. The number of carbonyl (C=O) groups excluding carboxylic acids is 2. The van der Waals surface area contributed by atoms with Gasteiger partial charge < -0.3 is 20.1 Å². The zero-order valence-corrected chi connectivity index (χ0v) is 12.2. The van der Waals surface area contributed by atoms with E-state index in [-0.39, 0.29) is 18.7 Å². The molecule has 0 saturated carbocycles. The summed E-state index contributed by atoms with van der Waals surface area (Å²) in [6.45, 7) is 4.35. The second-order valence-corrected chi connectivity index (χ2v) is 4.99. The summed E-state index contributed by atoms with van der Waals surface area (Å²) in [5, 5.41) is 5.17. The number of para-hydroxylation sites is 2. The molecule has 2 amide bonds. The topological polar surface area (TPSA) is 76.7 Å². The second kappa shape index (κ2) is 6.97. The molecule has 0 saturated heterocycles. The quantitative estimate of drug-likeness (QED) is 0.807. The van der Waals surface area contributed by atoms with Crippen LogP contribution in [0, 0.1) is 0 Å². The van der Waals surface area contributed by atoms with E-state index in [2.05, 4.69) is 10.6 Å². The lowest BCUT2D eigenvalue weighted by Gasteiger charge is -2.26. The van der Waals surface area contributed by atoms with E-state index < -0.39 is 11.8 Å². The Balaban J connectivity index is 1.79. The van der Waals surface area contributed by atoms with Gasteiger partial charge in [0, 0.05) is 6.04 Å². The summed E-state index contributed by atoms with van der Waals surface area (Å²) < 4.78 is 11.2. The van der Waals surface area contributed by atoms with Gasteiger partial charge in [-0.1, -0.05) is 19.1 Å². The normalized spacial score (nSPS) is 17.7. The van der Waals surface area contributed by atoms with E-state index in [0.717, 1.165) is 6.42 Å². The number of benzene rings is 1. The summed E-state index contributed by atoms with van der Waals surface area (Å²) >= 11 is 0. The van der Waals surface area contributed by atoms with Crippen molar-refractivity contribution >= 4 is 11.8 Å². The highest BCUT2D eigenvalue weighted by atomic mass is 16.6. The molecule has 2 rings (SSSR count). The van der Waals surface area contributed by atoms with Crippen LogP contribution in [0.3, 0.4) is 0 Å². The first-order valence-electron chi connectivity index (χ1n) is 7.07. The van der Waals surface area contributed by atoms with Gasteiger partial charge in [0.25, 0.3) is 0 Å². The Morgan fingerprint density at radius 3 is 2.71 bits per heavy atom. The molecule has 0 bridgehead atoms. The Hall–Kier alpha value is -2.24. The highest BCUT2D eigenvalue weighted by molar-refractivity contribution is 6.35. The van der Waals surface area contributed by atoms with Crippen molar-refractivity contribution in [1.82, 2.24) is 10.6 Å². The zero-order chi connectivity index (χ0) is 15.2. The van der Waals surface area contributed by atoms with Crippen LogP contribution in [0.1, 0.15) is 20.3 Å². The molecule has 2 atom stereocenters.